The lowest BCUT2D eigenvalue weighted by Gasteiger charge is -2.35. The summed E-state index contributed by atoms with van der Waals surface area (Å²) < 4.78 is 13.6. The second kappa shape index (κ2) is 14.1. The summed E-state index contributed by atoms with van der Waals surface area (Å²) in [7, 11) is 4.69. The van der Waals surface area contributed by atoms with Gasteiger partial charge in [-0.15, -0.1) is 0 Å². The molecule has 13 heteroatoms. The molecule has 2 aliphatic rings. The zero-order valence-electron chi connectivity index (χ0n) is 28.8. The van der Waals surface area contributed by atoms with Gasteiger partial charge in [0.05, 0.1) is 46.6 Å². The van der Waals surface area contributed by atoms with E-state index in [2.05, 4.69) is 21.3 Å². The Labute approximate surface area is 304 Å². The molecule has 0 spiro atoms. The number of carbonyl (C=O) groups excluding carboxylic acids is 1. The Balaban J connectivity index is 1.20. The van der Waals surface area contributed by atoms with Crippen molar-refractivity contribution in [2.45, 2.75) is 38.6 Å². The molecular weight excluding hydrogens is 691 g/mol. The van der Waals surface area contributed by atoms with Gasteiger partial charge in [0.15, 0.2) is 0 Å². The van der Waals surface area contributed by atoms with Crippen LogP contribution < -0.4 is 21.3 Å². The summed E-state index contributed by atoms with van der Waals surface area (Å²) in [6.45, 7) is 3.87. The van der Waals surface area contributed by atoms with Crippen LogP contribution >= 0.6 is 23.2 Å². The summed E-state index contributed by atoms with van der Waals surface area (Å²) in [4.78, 5) is 49.8. The number of rotatable bonds is 8. The topological polar surface area (TPSA) is 121 Å². The van der Waals surface area contributed by atoms with Gasteiger partial charge in [-0.3, -0.25) is 23.6 Å². The molecule has 0 bridgehead atoms. The van der Waals surface area contributed by atoms with Crippen LogP contribution in [0.15, 0.2) is 64.3 Å². The van der Waals surface area contributed by atoms with E-state index in [0.717, 1.165) is 54.5 Å². The molecule has 0 amide bonds. The maximum atomic E-state index is 13.2. The van der Waals surface area contributed by atoms with Crippen molar-refractivity contribution in [2.24, 2.45) is 20.0 Å². The summed E-state index contributed by atoms with van der Waals surface area (Å²) in [5, 5.41) is 4.35. The summed E-state index contributed by atoms with van der Waals surface area (Å²) in [6.07, 6.45) is 4.91. The van der Waals surface area contributed by atoms with Crippen LogP contribution in [0.4, 0.5) is 11.5 Å². The van der Waals surface area contributed by atoms with E-state index < -0.39 is 11.2 Å². The molecule has 0 saturated carbocycles. The van der Waals surface area contributed by atoms with E-state index in [0.29, 0.717) is 50.6 Å². The Morgan fingerprint density at radius 2 is 1.67 bits per heavy atom. The number of aryl methyl sites for hydroxylation is 2. The molecule has 2 aromatic carbocycles. The summed E-state index contributed by atoms with van der Waals surface area (Å²) >= 11 is 14.2. The largest absolute Gasteiger partial charge is 0.481 e. The Hall–Kier alpha value is -4.71. The predicted octanol–water partition coefficient (Wildman–Crippen LogP) is 6.68. The first kappa shape index (κ1) is 34.7. The average molecular weight is 730 g/mol. The molecule has 0 unspecified atom stereocenters. The van der Waals surface area contributed by atoms with Crippen molar-refractivity contribution in [2.75, 3.05) is 32.1 Å². The van der Waals surface area contributed by atoms with Crippen molar-refractivity contribution in [3.63, 3.8) is 0 Å². The van der Waals surface area contributed by atoms with Crippen molar-refractivity contribution in [1.29, 1.82) is 0 Å². The number of likely N-dealkylation sites (tertiary alicyclic amines) is 1. The molecule has 4 heterocycles. The van der Waals surface area contributed by atoms with Crippen LogP contribution in [-0.4, -0.2) is 56.8 Å². The molecule has 1 aliphatic carbocycles. The Morgan fingerprint density at radius 3 is 2.39 bits per heavy atom. The monoisotopic (exact) mass is 728 g/mol. The average Bonchev–Trinajstić information content (AvgIpc) is 3.58. The third-order valence-electron chi connectivity index (χ3n) is 10.1. The molecule has 0 radical (unpaired) electrons. The Bertz CT molecular complexity index is 2300. The molecule has 1 fully saturated rings. The number of hydrogen-bond donors (Lipinski definition) is 1. The number of methoxy groups -OCH3 is 1. The highest BCUT2D eigenvalue weighted by Crippen LogP contribution is 2.46. The molecule has 264 valence electrons. The van der Waals surface area contributed by atoms with Gasteiger partial charge in [0, 0.05) is 48.6 Å². The number of pyridine rings is 2. The molecule has 1 atom stereocenters. The lowest BCUT2D eigenvalue weighted by atomic mass is 9.94. The van der Waals surface area contributed by atoms with Gasteiger partial charge in [-0.2, -0.15) is 0 Å². The van der Waals surface area contributed by atoms with E-state index in [1.165, 1.54) is 23.4 Å². The van der Waals surface area contributed by atoms with Crippen molar-refractivity contribution < 1.29 is 14.3 Å². The molecule has 1 N–H and O–H groups in total. The number of halogens is 2. The quantitative estimate of drug-likeness (QED) is 0.174. The number of ether oxygens (including phenoxy) is 2. The molecule has 7 rings (SSSR count). The van der Waals surface area contributed by atoms with Crippen LogP contribution in [0.1, 0.15) is 43.4 Å². The van der Waals surface area contributed by atoms with Crippen molar-refractivity contribution >= 4 is 51.6 Å². The van der Waals surface area contributed by atoms with E-state index in [-0.39, 0.29) is 29.1 Å². The number of fused-ring (bicyclic) bond motifs is 2. The maximum absolute atomic E-state index is 13.2. The van der Waals surface area contributed by atoms with Crippen molar-refractivity contribution in [1.82, 2.24) is 24.0 Å². The molecule has 1 aliphatic heterocycles. The lowest BCUT2D eigenvalue weighted by molar-refractivity contribution is -0.149. The molecule has 1 saturated heterocycles. The normalized spacial score (nSPS) is 16.3. The minimum absolute atomic E-state index is 0.0515. The number of piperidine rings is 1. The number of esters is 1. The molecule has 3 aromatic heterocycles. The second-order valence-electron chi connectivity index (χ2n) is 12.9. The van der Waals surface area contributed by atoms with Crippen LogP contribution in [0.5, 0.6) is 5.88 Å². The molecule has 5 aromatic rings. The van der Waals surface area contributed by atoms with Crippen LogP contribution in [-0.2, 0) is 30.0 Å². The van der Waals surface area contributed by atoms with Gasteiger partial charge in [0.25, 0.3) is 5.56 Å². The van der Waals surface area contributed by atoms with Gasteiger partial charge >= 0.3 is 11.7 Å². The van der Waals surface area contributed by atoms with Gasteiger partial charge in [-0.25, -0.2) is 14.8 Å². The molecular formula is C38H38Cl2N6O5. The van der Waals surface area contributed by atoms with Crippen molar-refractivity contribution in [3.8, 4) is 28.3 Å². The van der Waals surface area contributed by atoms with E-state index in [1.54, 1.807) is 26.3 Å². The minimum Gasteiger partial charge on any atom is -0.481 e. The van der Waals surface area contributed by atoms with Gasteiger partial charge in [-0.1, -0.05) is 53.5 Å². The summed E-state index contributed by atoms with van der Waals surface area (Å²) in [5.74, 6) is 0.705. The minimum atomic E-state index is -0.464. The Morgan fingerprint density at radius 1 is 0.961 bits per heavy atom. The molecule has 51 heavy (non-hydrogen) atoms. The van der Waals surface area contributed by atoms with Crippen LogP contribution in [0.2, 0.25) is 10.0 Å². The van der Waals surface area contributed by atoms with Gasteiger partial charge in [0.2, 0.25) is 5.88 Å². The van der Waals surface area contributed by atoms with Crippen LogP contribution in [0.25, 0.3) is 33.3 Å². The first-order valence-electron chi connectivity index (χ1n) is 17.0. The van der Waals surface area contributed by atoms with Crippen molar-refractivity contribution in [3.05, 3.63) is 96.7 Å². The highest BCUT2D eigenvalue weighted by molar-refractivity contribution is 6.39. The number of hydrogen-bond acceptors (Lipinski definition) is 9. The van der Waals surface area contributed by atoms with Crippen LogP contribution in [0, 0.1) is 5.92 Å². The third kappa shape index (κ3) is 6.17. The SMILES string of the molecule is CCOC(=O)C1CCN([C@H]2CCc3cc(-c4cccc(-c5cccc(Nc6nccc7c6c(=O)n(C)c(=O)n7C)c5Cl)c4Cl)nc(OC)c32)CC1. The maximum Gasteiger partial charge on any atom is 0.330 e. The lowest BCUT2D eigenvalue weighted by Crippen LogP contribution is -2.38. The first-order chi connectivity index (χ1) is 24.6. The number of nitrogens with one attached hydrogen (secondary N) is 1. The molecule has 11 nitrogen and oxygen atoms in total. The first-order valence-corrected chi connectivity index (χ1v) is 17.8. The van der Waals surface area contributed by atoms with Gasteiger partial charge in [0.1, 0.15) is 11.2 Å². The number of carbonyl (C=O) groups is 1. The fourth-order valence-electron chi connectivity index (χ4n) is 7.47. The van der Waals surface area contributed by atoms with E-state index in [9.17, 15) is 14.4 Å². The van der Waals surface area contributed by atoms with E-state index in [1.807, 2.05) is 37.3 Å². The smallest absolute Gasteiger partial charge is 0.330 e. The number of benzene rings is 2. The van der Waals surface area contributed by atoms with E-state index in [4.69, 9.17) is 37.7 Å². The highest BCUT2D eigenvalue weighted by atomic mass is 35.5. The second-order valence-corrected chi connectivity index (χ2v) is 13.7. The summed E-state index contributed by atoms with van der Waals surface area (Å²) in [5.41, 5.74) is 5.16. The zero-order chi connectivity index (χ0) is 36.0. The van der Waals surface area contributed by atoms with Crippen LogP contribution in [0.3, 0.4) is 0 Å². The Kier molecular flexibility index (Phi) is 9.62. The zero-order valence-corrected chi connectivity index (χ0v) is 30.3. The summed E-state index contributed by atoms with van der Waals surface area (Å²) in [6, 6.07) is 15.2. The van der Waals surface area contributed by atoms with Gasteiger partial charge in [-0.05, 0) is 69.5 Å². The number of anilines is 2. The number of nitrogens with zero attached hydrogens (tertiary/aromatic N) is 5. The number of aromatic nitrogens is 4. The fourth-order valence-corrected chi connectivity index (χ4v) is 8.07. The standard InChI is InChI=1S/C38H38Cl2N6O5/c1-5-51-37(48)21-15-18-46(19-16-21)29-13-12-22-20-27(43-35(50-4)30(22)29)25-10-6-8-23(32(25)39)24-9-7-11-26(33(24)40)42-34-31-28(14-17-41-34)44(2)38(49)45(3)36(31)47/h6-11,14,17,20-21,29H,5,12-13,15-16,18-19H2,1-4H3,(H,41,42)/t29-/m0/s1. The van der Waals surface area contributed by atoms with Gasteiger partial charge < -0.3 is 14.8 Å². The fraction of sp³-hybridized carbons (Fsp3) is 0.342. The third-order valence-corrected chi connectivity index (χ3v) is 10.9. The predicted molar refractivity (Wildman–Crippen MR) is 199 cm³/mol. The highest BCUT2D eigenvalue weighted by Gasteiger charge is 2.36. The van der Waals surface area contributed by atoms with E-state index >= 15 is 0 Å².